The summed E-state index contributed by atoms with van der Waals surface area (Å²) >= 11 is 0. The molecular formula is C33H33N3O2. The predicted molar refractivity (Wildman–Crippen MR) is 152 cm³/mol. The first-order valence-corrected chi connectivity index (χ1v) is 13.8. The molecule has 3 aliphatic heterocycles. The number of nitrogens with zero attached hydrogens (tertiary/aromatic N) is 3. The summed E-state index contributed by atoms with van der Waals surface area (Å²) < 4.78 is 12.3. The van der Waals surface area contributed by atoms with Gasteiger partial charge in [-0.1, -0.05) is 48.5 Å². The van der Waals surface area contributed by atoms with Crippen molar-refractivity contribution in [3.8, 4) is 28.4 Å². The van der Waals surface area contributed by atoms with Gasteiger partial charge in [0.25, 0.3) is 0 Å². The largest absolute Gasteiger partial charge is 0.493 e. The van der Waals surface area contributed by atoms with Crippen LogP contribution in [0, 0.1) is 0 Å². The molecule has 2 unspecified atom stereocenters. The molecule has 1 aromatic heterocycles. The van der Waals surface area contributed by atoms with Gasteiger partial charge < -0.3 is 14.4 Å². The Morgan fingerprint density at radius 2 is 1.68 bits per heavy atom. The van der Waals surface area contributed by atoms with Crippen molar-refractivity contribution in [1.29, 1.82) is 0 Å². The van der Waals surface area contributed by atoms with Gasteiger partial charge in [0.05, 0.1) is 18.5 Å². The van der Waals surface area contributed by atoms with Crippen LogP contribution in [0.1, 0.15) is 31.2 Å². The summed E-state index contributed by atoms with van der Waals surface area (Å²) in [6.45, 7) is 1.14. The highest BCUT2D eigenvalue weighted by Crippen LogP contribution is 2.54. The lowest BCUT2D eigenvalue weighted by atomic mass is 9.93. The Morgan fingerprint density at radius 1 is 0.842 bits per heavy atom. The smallest absolute Gasteiger partial charge is 0.192 e. The number of para-hydroxylation sites is 1. The number of hydrogen-bond acceptors (Lipinski definition) is 5. The average Bonchev–Trinajstić information content (AvgIpc) is 3.21. The van der Waals surface area contributed by atoms with Crippen LogP contribution in [0.4, 0.5) is 11.4 Å². The summed E-state index contributed by atoms with van der Waals surface area (Å²) in [5, 5.41) is 0. The van der Waals surface area contributed by atoms with Gasteiger partial charge in [-0.3, -0.25) is 9.88 Å². The number of piperidine rings is 1. The van der Waals surface area contributed by atoms with Crippen molar-refractivity contribution >= 4 is 11.4 Å². The number of anilines is 2. The fourth-order valence-electron chi connectivity index (χ4n) is 6.82. The van der Waals surface area contributed by atoms with Gasteiger partial charge >= 0.3 is 0 Å². The Hall–Kier alpha value is -3.83. The molecule has 0 saturated carbocycles. The molecule has 0 radical (unpaired) electrons. The minimum Gasteiger partial charge on any atom is -0.493 e. The molecule has 2 atom stereocenters. The lowest BCUT2D eigenvalue weighted by molar-refractivity contribution is 0.129. The molecule has 2 bridgehead atoms. The number of benzene rings is 3. The molecule has 4 aromatic rings. The van der Waals surface area contributed by atoms with E-state index in [1.165, 1.54) is 18.4 Å². The Labute approximate surface area is 224 Å². The summed E-state index contributed by atoms with van der Waals surface area (Å²) in [7, 11) is 1.72. The summed E-state index contributed by atoms with van der Waals surface area (Å²) in [6, 6.07) is 29.5. The highest BCUT2D eigenvalue weighted by Gasteiger charge is 2.44. The van der Waals surface area contributed by atoms with Gasteiger partial charge in [0, 0.05) is 42.6 Å². The Balaban J connectivity index is 1.21. The van der Waals surface area contributed by atoms with Gasteiger partial charge in [-0.2, -0.15) is 0 Å². The number of pyridine rings is 1. The number of hydrogen-bond donors (Lipinski definition) is 0. The first-order valence-electron chi connectivity index (χ1n) is 13.8. The quantitative estimate of drug-likeness (QED) is 0.277. The molecule has 0 amide bonds. The molecule has 0 N–H and O–H groups in total. The van der Waals surface area contributed by atoms with E-state index in [1.54, 1.807) is 7.11 Å². The molecule has 192 valence electrons. The van der Waals surface area contributed by atoms with E-state index in [0.29, 0.717) is 18.1 Å². The molecule has 3 aliphatic rings. The van der Waals surface area contributed by atoms with Crippen LogP contribution in [-0.4, -0.2) is 41.7 Å². The van der Waals surface area contributed by atoms with E-state index in [4.69, 9.17) is 9.47 Å². The average molecular weight is 504 g/mol. The van der Waals surface area contributed by atoms with E-state index in [0.717, 1.165) is 65.6 Å². The van der Waals surface area contributed by atoms with E-state index in [1.807, 2.05) is 24.5 Å². The van der Waals surface area contributed by atoms with Crippen LogP contribution in [0.3, 0.4) is 0 Å². The molecule has 5 nitrogen and oxygen atoms in total. The number of aromatic nitrogens is 1. The zero-order valence-electron chi connectivity index (χ0n) is 21.8. The van der Waals surface area contributed by atoms with Crippen molar-refractivity contribution in [3.05, 3.63) is 96.8 Å². The standard InChI is InChI=1S/C33H33N3O2/c1-37-31-11-5-10-30-33(31)38-32-19-24(25-9-6-17-34-22-25)12-15-29(32)36(30)28-20-26-13-14-27(21-28)35(26)18-16-23-7-3-2-4-8-23/h2-12,15,17,19,22,26-28H,13-14,16,18,20-21H2,1H3. The fraction of sp³-hybridized carbons (Fsp3) is 0.303. The molecule has 4 heterocycles. The third-order valence-electron chi connectivity index (χ3n) is 8.59. The number of ether oxygens (including phenoxy) is 2. The second-order valence-corrected chi connectivity index (χ2v) is 10.7. The van der Waals surface area contributed by atoms with Crippen LogP contribution in [0.25, 0.3) is 11.1 Å². The number of rotatable bonds is 6. The van der Waals surface area contributed by atoms with Crippen LogP contribution >= 0.6 is 0 Å². The molecular weight excluding hydrogens is 470 g/mol. The van der Waals surface area contributed by atoms with E-state index in [2.05, 4.69) is 81.5 Å². The van der Waals surface area contributed by atoms with Crippen molar-refractivity contribution in [2.75, 3.05) is 18.6 Å². The van der Waals surface area contributed by atoms with E-state index >= 15 is 0 Å². The van der Waals surface area contributed by atoms with Gasteiger partial charge in [-0.25, -0.2) is 0 Å². The van der Waals surface area contributed by atoms with Gasteiger partial charge in [0.15, 0.2) is 17.2 Å². The van der Waals surface area contributed by atoms with Gasteiger partial charge in [-0.15, -0.1) is 0 Å². The Bertz CT molecular complexity index is 1410. The van der Waals surface area contributed by atoms with Gasteiger partial charge in [0.1, 0.15) is 0 Å². The van der Waals surface area contributed by atoms with Crippen molar-refractivity contribution in [3.63, 3.8) is 0 Å². The second-order valence-electron chi connectivity index (χ2n) is 10.7. The normalized spacial score (nSPS) is 21.9. The Kier molecular flexibility index (Phi) is 6.01. The molecule has 0 spiro atoms. The molecule has 0 aliphatic carbocycles. The number of fused-ring (bicyclic) bond motifs is 4. The lowest BCUT2D eigenvalue weighted by Crippen LogP contribution is -2.50. The van der Waals surface area contributed by atoms with Gasteiger partial charge in [-0.05, 0) is 73.6 Å². The number of methoxy groups -OCH3 is 1. The van der Waals surface area contributed by atoms with Crippen molar-refractivity contribution in [2.45, 2.75) is 50.2 Å². The van der Waals surface area contributed by atoms with Crippen molar-refractivity contribution in [2.24, 2.45) is 0 Å². The first-order chi connectivity index (χ1) is 18.8. The van der Waals surface area contributed by atoms with Gasteiger partial charge in [0.2, 0.25) is 0 Å². The lowest BCUT2D eigenvalue weighted by Gasteiger charge is -2.46. The monoisotopic (exact) mass is 503 g/mol. The summed E-state index contributed by atoms with van der Waals surface area (Å²) in [5.74, 6) is 2.46. The molecule has 2 fully saturated rings. The highest BCUT2D eigenvalue weighted by molar-refractivity contribution is 5.83. The summed E-state index contributed by atoms with van der Waals surface area (Å²) in [6.07, 6.45) is 9.73. The van der Waals surface area contributed by atoms with Crippen LogP contribution in [0.15, 0.2) is 91.3 Å². The van der Waals surface area contributed by atoms with Crippen molar-refractivity contribution in [1.82, 2.24) is 9.88 Å². The van der Waals surface area contributed by atoms with Crippen LogP contribution < -0.4 is 14.4 Å². The molecule has 7 rings (SSSR count). The van der Waals surface area contributed by atoms with E-state index in [9.17, 15) is 0 Å². The minimum absolute atomic E-state index is 0.415. The van der Waals surface area contributed by atoms with E-state index in [-0.39, 0.29) is 0 Å². The van der Waals surface area contributed by atoms with Crippen LogP contribution in [-0.2, 0) is 6.42 Å². The van der Waals surface area contributed by atoms with E-state index < -0.39 is 0 Å². The minimum atomic E-state index is 0.415. The summed E-state index contributed by atoms with van der Waals surface area (Å²) in [5.41, 5.74) is 5.86. The Morgan fingerprint density at radius 3 is 2.45 bits per heavy atom. The second kappa shape index (κ2) is 9.80. The predicted octanol–water partition coefficient (Wildman–Crippen LogP) is 7.24. The molecule has 2 saturated heterocycles. The summed E-state index contributed by atoms with van der Waals surface area (Å²) in [4.78, 5) is 9.65. The zero-order valence-corrected chi connectivity index (χ0v) is 21.8. The molecule has 5 heteroatoms. The van der Waals surface area contributed by atoms with Crippen molar-refractivity contribution < 1.29 is 9.47 Å². The molecule has 38 heavy (non-hydrogen) atoms. The maximum atomic E-state index is 6.56. The van der Waals surface area contributed by atoms with Crippen LogP contribution in [0.5, 0.6) is 17.2 Å². The first kappa shape index (κ1) is 23.3. The van der Waals surface area contributed by atoms with Crippen LogP contribution in [0.2, 0.25) is 0 Å². The fourth-order valence-corrected chi connectivity index (χ4v) is 6.82. The maximum Gasteiger partial charge on any atom is 0.192 e. The molecule has 3 aromatic carbocycles. The topological polar surface area (TPSA) is 37.8 Å². The zero-order chi connectivity index (χ0) is 25.5. The maximum absolute atomic E-state index is 6.56. The third kappa shape index (κ3) is 4.11. The third-order valence-corrected chi connectivity index (χ3v) is 8.59. The highest BCUT2D eigenvalue weighted by atomic mass is 16.5. The SMILES string of the molecule is COc1cccc2c1Oc1cc(-c3cccnc3)ccc1N2C1CC2CCC(C1)N2CCc1ccccc1.